The molecule has 0 saturated heterocycles. The van der Waals surface area contributed by atoms with Crippen molar-refractivity contribution in [3.8, 4) is 23.0 Å². The van der Waals surface area contributed by atoms with E-state index in [0.717, 1.165) is 46.6 Å². The molecule has 1 aliphatic rings. The summed E-state index contributed by atoms with van der Waals surface area (Å²) in [5.74, 6) is -0.223. The van der Waals surface area contributed by atoms with Crippen molar-refractivity contribution in [1.29, 1.82) is 5.26 Å². The number of benzene rings is 2. The van der Waals surface area contributed by atoms with E-state index < -0.39 is 5.41 Å². The first kappa shape index (κ1) is 20.6. The lowest BCUT2D eigenvalue weighted by Crippen LogP contribution is -2.13. The summed E-state index contributed by atoms with van der Waals surface area (Å²) < 4.78 is 3.47. The van der Waals surface area contributed by atoms with Crippen molar-refractivity contribution in [2.75, 3.05) is 5.32 Å². The molecule has 0 atom stereocenters. The summed E-state index contributed by atoms with van der Waals surface area (Å²) >= 11 is 0. The van der Waals surface area contributed by atoms with Crippen LogP contribution in [0, 0.1) is 25.2 Å². The zero-order valence-electron chi connectivity index (χ0n) is 18.7. The van der Waals surface area contributed by atoms with E-state index in [4.69, 9.17) is 0 Å². The summed E-state index contributed by atoms with van der Waals surface area (Å²) in [4.78, 5) is 13.0. The molecule has 33 heavy (non-hydrogen) atoms. The number of rotatable bonds is 5. The zero-order chi connectivity index (χ0) is 23.2. The normalized spacial score (nSPS) is 14.0. The Hall–Kier alpha value is -4.25. The second kappa shape index (κ2) is 7.71. The molecule has 8 heteroatoms. The van der Waals surface area contributed by atoms with E-state index in [2.05, 4.69) is 26.8 Å². The van der Waals surface area contributed by atoms with E-state index in [1.807, 2.05) is 57.4 Å². The van der Waals surface area contributed by atoms with Gasteiger partial charge in [-0.15, -0.1) is 5.10 Å². The van der Waals surface area contributed by atoms with Gasteiger partial charge in [0, 0.05) is 29.6 Å². The van der Waals surface area contributed by atoms with Crippen molar-refractivity contribution >= 4 is 11.6 Å². The smallest absolute Gasteiger partial charge is 0.255 e. The highest BCUT2D eigenvalue weighted by atomic mass is 16.1. The third-order valence-electron chi connectivity index (χ3n) is 6.36. The predicted molar refractivity (Wildman–Crippen MR) is 124 cm³/mol. The monoisotopic (exact) mass is 437 g/mol. The molecule has 164 valence electrons. The van der Waals surface area contributed by atoms with Crippen LogP contribution in [0.4, 0.5) is 5.69 Å². The van der Waals surface area contributed by atoms with Gasteiger partial charge in [-0.2, -0.15) is 10.4 Å². The minimum absolute atomic E-state index is 0.223. The molecule has 0 radical (unpaired) electrons. The summed E-state index contributed by atoms with van der Waals surface area (Å²) in [6.07, 6.45) is 5.34. The number of hydrogen-bond donors (Lipinski definition) is 1. The van der Waals surface area contributed by atoms with Gasteiger partial charge in [-0.1, -0.05) is 23.4 Å². The number of amides is 1. The van der Waals surface area contributed by atoms with Crippen molar-refractivity contribution in [1.82, 2.24) is 24.8 Å². The van der Waals surface area contributed by atoms with Gasteiger partial charge in [-0.05, 0) is 62.1 Å². The van der Waals surface area contributed by atoms with Gasteiger partial charge in [0.1, 0.15) is 5.69 Å². The molecule has 1 amide bonds. The van der Waals surface area contributed by atoms with Gasteiger partial charge in [-0.25, -0.2) is 4.68 Å². The van der Waals surface area contributed by atoms with Crippen LogP contribution in [0.15, 0.2) is 54.9 Å². The Kier molecular flexibility index (Phi) is 4.82. The number of aromatic nitrogens is 5. The Balaban J connectivity index is 1.40. The van der Waals surface area contributed by atoms with E-state index in [1.54, 1.807) is 27.7 Å². The van der Waals surface area contributed by atoms with Crippen LogP contribution in [0.3, 0.4) is 0 Å². The summed E-state index contributed by atoms with van der Waals surface area (Å²) in [7, 11) is 1.88. The Labute approximate surface area is 191 Å². The lowest BCUT2D eigenvalue weighted by atomic mass is 9.97. The van der Waals surface area contributed by atoms with Crippen LogP contribution in [-0.4, -0.2) is 30.7 Å². The fourth-order valence-electron chi connectivity index (χ4n) is 3.94. The SMILES string of the molecule is Cc1ccc(C(=O)Nc2cccc(C3(C#N)CC3)c2)cc1-n1cc(-c2cnn(C)c2C)nn1. The third kappa shape index (κ3) is 3.68. The first-order chi connectivity index (χ1) is 15.9. The van der Waals surface area contributed by atoms with Crippen LogP contribution in [0.1, 0.15) is 40.0 Å². The molecule has 0 unspecified atom stereocenters. The largest absolute Gasteiger partial charge is 0.322 e. The number of aryl methyl sites for hydroxylation is 2. The van der Waals surface area contributed by atoms with Crippen LogP contribution < -0.4 is 5.32 Å². The Morgan fingerprint density at radius 2 is 2.00 bits per heavy atom. The molecule has 1 aliphatic carbocycles. The maximum absolute atomic E-state index is 13.0. The third-order valence-corrected chi connectivity index (χ3v) is 6.36. The first-order valence-electron chi connectivity index (χ1n) is 10.8. The van der Waals surface area contributed by atoms with Crippen LogP contribution in [0.5, 0.6) is 0 Å². The quantitative estimate of drug-likeness (QED) is 0.507. The summed E-state index contributed by atoms with van der Waals surface area (Å²) in [6, 6.07) is 15.4. The summed E-state index contributed by atoms with van der Waals surface area (Å²) in [5.41, 5.74) is 6.13. The van der Waals surface area contributed by atoms with Gasteiger partial charge >= 0.3 is 0 Å². The maximum Gasteiger partial charge on any atom is 0.255 e. The number of nitrogens with one attached hydrogen (secondary N) is 1. The molecule has 2 heterocycles. The molecular formula is C25H23N7O. The van der Waals surface area contributed by atoms with E-state index >= 15 is 0 Å². The fraction of sp³-hybridized carbons (Fsp3) is 0.240. The van der Waals surface area contributed by atoms with Gasteiger partial charge < -0.3 is 5.32 Å². The van der Waals surface area contributed by atoms with E-state index in [0.29, 0.717) is 11.3 Å². The lowest BCUT2D eigenvalue weighted by molar-refractivity contribution is 0.102. The van der Waals surface area contributed by atoms with Gasteiger partial charge in [0.05, 0.1) is 29.6 Å². The molecular weight excluding hydrogens is 414 g/mol. The van der Waals surface area contributed by atoms with E-state index in [9.17, 15) is 10.1 Å². The molecule has 2 aromatic heterocycles. The van der Waals surface area contributed by atoms with Gasteiger partial charge in [0.15, 0.2) is 0 Å². The van der Waals surface area contributed by atoms with Gasteiger partial charge in [0.25, 0.3) is 5.91 Å². The highest BCUT2D eigenvalue weighted by Gasteiger charge is 2.44. The lowest BCUT2D eigenvalue weighted by Gasteiger charge is -2.11. The van der Waals surface area contributed by atoms with Crippen molar-refractivity contribution in [2.45, 2.75) is 32.1 Å². The van der Waals surface area contributed by atoms with Crippen LogP contribution >= 0.6 is 0 Å². The van der Waals surface area contributed by atoms with Crippen molar-refractivity contribution in [3.05, 3.63) is 77.2 Å². The molecule has 1 N–H and O–H groups in total. The second-order valence-electron chi connectivity index (χ2n) is 8.55. The fourth-order valence-corrected chi connectivity index (χ4v) is 3.94. The minimum atomic E-state index is -0.394. The number of nitrogens with zero attached hydrogens (tertiary/aromatic N) is 6. The number of nitriles is 1. The van der Waals surface area contributed by atoms with E-state index in [1.165, 1.54) is 0 Å². The average molecular weight is 438 g/mol. The zero-order valence-corrected chi connectivity index (χ0v) is 18.7. The number of anilines is 1. The second-order valence-corrected chi connectivity index (χ2v) is 8.55. The molecule has 1 fully saturated rings. The van der Waals surface area contributed by atoms with Gasteiger partial charge in [-0.3, -0.25) is 9.48 Å². The van der Waals surface area contributed by atoms with Crippen molar-refractivity contribution in [2.24, 2.45) is 7.05 Å². The maximum atomic E-state index is 13.0. The highest BCUT2D eigenvalue weighted by Crippen LogP contribution is 2.47. The predicted octanol–water partition coefficient (Wildman–Crippen LogP) is 4.09. The van der Waals surface area contributed by atoms with Crippen LogP contribution in [0.25, 0.3) is 16.9 Å². The Morgan fingerprint density at radius 1 is 1.18 bits per heavy atom. The van der Waals surface area contributed by atoms with Crippen LogP contribution in [0.2, 0.25) is 0 Å². The minimum Gasteiger partial charge on any atom is -0.322 e. The first-order valence-corrected chi connectivity index (χ1v) is 10.8. The summed E-state index contributed by atoms with van der Waals surface area (Å²) in [5, 5.41) is 25.3. The molecule has 1 saturated carbocycles. The number of carbonyl (C=O) groups is 1. The molecule has 5 rings (SSSR count). The molecule has 2 aromatic carbocycles. The van der Waals surface area contributed by atoms with E-state index in [-0.39, 0.29) is 5.91 Å². The standard InChI is InChI=1S/C25H23N7O/c1-16-7-8-18(24(33)28-20-6-4-5-19(12-20)25(15-26)9-10-25)11-23(16)32-14-22(29-30-32)21-13-27-31(3)17(21)2/h4-8,11-14H,9-10H2,1-3H3,(H,28,33). The molecule has 0 aliphatic heterocycles. The number of hydrogen-bond acceptors (Lipinski definition) is 5. The van der Waals surface area contributed by atoms with Gasteiger partial charge in [0.2, 0.25) is 0 Å². The molecule has 4 aromatic rings. The van der Waals surface area contributed by atoms with Crippen molar-refractivity contribution < 1.29 is 4.79 Å². The molecule has 0 bridgehead atoms. The van der Waals surface area contributed by atoms with Crippen LogP contribution in [-0.2, 0) is 12.5 Å². The Morgan fingerprint density at radius 3 is 2.70 bits per heavy atom. The molecule has 0 spiro atoms. The van der Waals surface area contributed by atoms with Crippen molar-refractivity contribution in [3.63, 3.8) is 0 Å². The average Bonchev–Trinajstić information content (AvgIpc) is 3.36. The highest BCUT2D eigenvalue weighted by molar-refractivity contribution is 6.04. The number of carbonyl (C=O) groups excluding carboxylic acids is 1. The molecule has 8 nitrogen and oxygen atoms in total. The Bertz CT molecular complexity index is 1420. The summed E-state index contributed by atoms with van der Waals surface area (Å²) in [6.45, 7) is 3.95. The topological polar surface area (TPSA) is 101 Å².